The van der Waals surface area contributed by atoms with Crippen molar-refractivity contribution in [1.82, 2.24) is 0 Å². The van der Waals surface area contributed by atoms with Crippen LogP contribution < -0.4 is 5.32 Å². The van der Waals surface area contributed by atoms with Gasteiger partial charge >= 0.3 is 0 Å². The van der Waals surface area contributed by atoms with Crippen LogP contribution in [0.15, 0.2) is 36.4 Å². The molecule has 2 aromatic rings. The number of aryl methyl sites for hydroxylation is 1. The molecule has 0 aromatic heterocycles. The van der Waals surface area contributed by atoms with Crippen molar-refractivity contribution in [2.45, 2.75) is 13.5 Å². The second-order valence-corrected chi connectivity index (χ2v) is 4.10. The summed E-state index contributed by atoms with van der Waals surface area (Å²) >= 11 is 0. The predicted molar refractivity (Wildman–Crippen MR) is 66.5 cm³/mol. The number of phenolic OH excluding ortho intramolecular Hbond substituents is 1. The molecule has 0 saturated heterocycles. The summed E-state index contributed by atoms with van der Waals surface area (Å²) < 4.78 is 25.7. The van der Waals surface area contributed by atoms with Crippen LogP contribution in [0.4, 0.5) is 14.5 Å². The summed E-state index contributed by atoms with van der Waals surface area (Å²) in [5, 5.41) is 12.6. The van der Waals surface area contributed by atoms with Crippen LogP contribution in [0.2, 0.25) is 0 Å². The van der Waals surface area contributed by atoms with Crippen molar-refractivity contribution < 1.29 is 13.9 Å². The van der Waals surface area contributed by atoms with Crippen molar-refractivity contribution >= 4 is 5.69 Å². The van der Waals surface area contributed by atoms with Crippen molar-refractivity contribution in [3.63, 3.8) is 0 Å². The summed E-state index contributed by atoms with van der Waals surface area (Å²) in [5.74, 6) is -1.52. The lowest BCUT2D eigenvalue weighted by Crippen LogP contribution is -2.00. The van der Waals surface area contributed by atoms with Crippen LogP contribution in [0.5, 0.6) is 5.75 Å². The van der Waals surface area contributed by atoms with Gasteiger partial charge in [0, 0.05) is 18.3 Å². The summed E-state index contributed by atoms with van der Waals surface area (Å²) in [6.07, 6.45) is 0. The van der Waals surface area contributed by atoms with E-state index in [9.17, 15) is 13.9 Å². The Bertz CT molecular complexity index is 518. The lowest BCUT2D eigenvalue weighted by atomic mass is 10.2. The Labute approximate surface area is 104 Å². The highest BCUT2D eigenvalue weighted by Crippen LogP contribution is 2.21. The van der Waals surface area contributed by atoms with E-state index in [0.717, 1.165) is 23.4 Å². The first kappa shape index (κ1) is 12.4. The van der Waals surface area contributed by atoms with Crippen molar-refractivity contribution in [1.29, 1.82) is 0 Å². The number of aromatic hydroxyl groups is 1. The van der Waals surface area contributed by atoms with Gasteiger partial charge in [0.1, 0.15) is 5.75 Å². The Hall–Kier alpha value is -2.10. The molecule has 94 valence electrons. The maximum absolute atomic E-state index is 13.0. The molecule has 2 aromatic carbocycles. The molecule has 0 atom stereocenters. The van der Waals surface area contributed by atoms with Crippen LogP contribution in [0.1, 0.15) is 11.1 Å². The van der Waals surface area contributed by atoms with Gasteiger partial charge in [-0.3, -0.25) is 0 Å². The lowest BCUT2D eigenvalue weighted by molar-refractivity contribution is 0.471. The molecule has 0 amide bonds. The highest BCUT2D eigenvalue weighted by molar-refractivity contribution is 5.51. The molecule has 0 aliphatic rings. The quantitative estimate of drug-likeness (QED) is 0.871. The standard InChI is InChI=1S/C14H13F2NO/c1-9-2-4-11(7-14(9)18)17-8-10-3-5-12(15)13(16)6-10/h2-7,17-18H,8H2,1H3. The third-order valence-corrected chi connectivity index (χ3v) is 2.69. The van der Waals surface area contributed by atoms with Gasteiger partial charge in [0.25, 0.3) is 0 Å². The summed E-state index contributed by atoms with van der Waals surface area (Å²) in [7, 11) is 0. The minimum absolute atomic E-state index is 0.199. The van der Waals surface area contributed by atoms with Crippen molar-refractivity contribution in [3.05, 3.63) is 59.2 Å². The molecule has 0 heterocycles. The number of nitrogens with one attached hydrogen (secondary N) is 1. The normalized spacial score (nSPS) is 10.4. The second kappa shape index (κ2) is 5.04. The molecule has 4 heteroatoms. The fourth-order valence-corrected chi connectivity index (χ4v) is 1.57. The molecular formula is C14H13F2NO. The first-order chi connectivity index (χ1) is 8.56. The molecule has 0 aliphatic carbocycles. The van der Waals surface area contributed by atoms with E-state index in [1.54, 1.807) is 19.1 Å². The van der Waals surface area contributed by atoms with Crippen LogP contribution in [0, 0.1) is 18.6 Å². The lowest BCUT2D eigenvalue weighted by Gasteiger charge is -2.08. The number of rotatable bonds is 3. The molecule has 0 radical (unpaired) electrons. The minimum atomic E-state index is -0.860. The summed E-state index contributed by atoms with van der Waals surface area (Å²) in [6.45, 7) is 2.16. The van der Waals surface area contributed by atoms with Crippen LogP contribution in [-0.4, -0.2) is 5.11 Å². The number of hydrogen-bond acceptors (Lipinski definition) is 2. The van der Waals surface area contributed by atoms with Crippen LogP contribution in [0.25, 0.3) is 0 Å². The van der Waals surface area contributed by atoms with Crippen LogP contribution >= 0.6 is 0 Å². The van der Waals surface area contributed by atoms with E-state index in [4.69, 9.17) is 0 Å². The van der Waals surface area contributed by atoms with Gasteiger partial charge in [-0.15, -0.1) is 0 Å². The molecule has 18 heavy (non-hydrogen) atoms. The fourth-order valence-electron chi connectivity index (χ4n) is 1.57. The molecule has 0 aliphatic heterocycles. The smallest absolute Gasteiger partial charge is 0.159 e. The number of anilines is 1. The van der Waals surface area contributed by atoms with E-state index < -0.39 is 11.6 Å². The largest absolute Gasteiger partial charge is 0.508 e. The predicted octanol–water partition coefficient (Wildman–Crippen LogP) is 3.59. The Morgan fingerprint density at radius 1 is 1.06 bits per heavy atom. The van der Waals surface area contributed by atoms with E-state index >= 15 is 0 Å². The van der Waals surface area contributed by atoms with Gasteiger partial charge in [-0.1, -0.05) is 12.1 Å². The van der Waals surface area contributed by atoms with E-state index in [-0.39, 0.29) is 5.75 Å². The highest BCUT2D eigenvalue weighted by atomic mass is 19.2. The van der Waals surface area contributed by atoms with Crippen molar-refractivity contribution in [2.75, 3.05) is 5.32 Å². The zero-order chi connectivity index (χ0) is 13.1. The van der Waals surface area contributed by atoms with Crippen molar-refractivity contribution in [3.8, 4) is 5.75 Å². The fraction of sp³-hybridized carbons (Fsp3) is 0.143. The van der Waals surface area contributed by atoms with Gasteiger partial charge in [0.15, 0.2) is 11.6 Å². The van der Waals surface area contributed by atoms with Gasteiger partial charge in [-0.25, -0.2) is 8.78 Å². The van der Waals surface area contributed by atoms with E-state index in [1.807, 2.05) is 6.07 Å². The zero-order valence-corrected chi connectivity index (χ0v) is 9.87. The monoisotopic (exact) mass is 249 g/mol. The number of phenols is 1. The van der Waals surface area contributed by atoms with E-state index in [2.05, 4.69) is 5.32 Å². The first-order valence-electron chi connectivity index (χ1n) is 5.53. The molecule has 2 rings (SSSR count). The van der Waals surface area contributed by atoms with E-state index in [0.29, 0.717) is 12.1 Å². The summed E-state index contributed by atoms with van der Waals surface area (Å²) in [5.41, 5.74) is 2.14. The molecule has 0 bridgehead atoms. The maximum Gasteiger partial charge on any atom is 0.159 e. The van der Waals surface area contributed by atoms with E-state index in [1.165, 1.54) is 6.07 Å². The van der Waals surface area contributed by atoms with Gasteiger partial charge < -0.3 is 10.4 Å². The highest BCUT2D eigenvalue weighted by Gasteiger charge is 2.03. The first-order valence-corrected chi connectivity index (χ1v) is 5.53. The third-order valence-electron chi connectivity index (χ3n) is 2.69. The third kappa shape index (κ3) is 2.77. The molecule has 0 unspecified atom stereocenters. The SMILES string of the molecule is Cc1ccc(NCc2ccc(F)c(F)c2)cc1O. The number of benzene rings is 2. The molecule has 2 nitrogen and oxygen atoms in total. The molecule has 0 saturated carbocycles. The summed E-state index contributed by atoms with van der Waals surface area (Å²) in [4.78, 5) is 0. The van der Waals surface area contributed by atoms with Crippen LogP contribution in [0.3, 0.4) is 0 Å². The molecular weight excluding hydrogens is 236 g/mol. The topological polar surface area (TPSA) is 32.3 Å². The maximum atomic E-state index is 13.0. The van der Waals surface area contributed by atoms with Crippen molar-refractivity contribution in [2.24, 2.45) is 0 Å². The Kier molecular flexibility index (Phi) is 3.46. The van der Waals surface area contributed by atoms with Gasteiger partial charge in [0.2, 0.25) is 0 Å². The molecule has 0 fully saturated rings. The van der Waals surface area contributed by atoms with Crippen LogP contribution in [-0.2, 0) is 6.54 Å². The summed E-state index contributed by atoms with van der Waals surface area (Å²) in [6, 6.07) is 8.95. The minimum Gasteiger partial charge on any atom is -0.508 e. The zero-order valence-electron chi connectivity index (χ0n) is 9.87. The average molecular weight is 249 g/mol. The molecule has 0 spiro atoms. The average Bonchev–Trinajstić information content (AvgIpc) is 2.35. The van der Waals surface area contributed by atoms with Gasteiger partial charge in [-0.2, -0.15) is 0 Å². The number of hydrogen-bond donors (Lipinski definition) is 2. The Morgan fingerprint density at radius 2 is 1.83 bits per heavy atom. The second-order valence-electron chi connectivity index (χ2n) is 4.10. The Morgan fingerprint density at radius 3 is 2.50 bits per heavy atom. The van der Waals surface area contributed by atoms with Gasteiger partial charge in [0.05, 0.1) is 0 Å². The molecule has 2 N–H and O–H groups in total. The number of halogens is 2. The van der Waals surface area contributed by atoms with Gasteiger partial charge in [-0.05, 0) is 36.2 Å². The Balaban J connectivity index is 2.06.